The molecule has 27 heavy (non-hydrogen) atoms. The fraction of sp³-hybridized carbons (Fsp3) is 0.167. The van der Waals surface area contributed by atoms with E-state index in [4.69, 9.17) is 15.4 Å². The first-order valence-electron chi connectivity index (χ1n) is 8.05. The number of aliphatic imine (C=N–C) groups is 1. The lowest BCUT2D eigenvalue weighted by Crippen LogP contribution is -2.18. The van der Waals surface area contributed by atoms with Crippen molar-refractivity contribution in [2.45, 2.75) is 12.6 Å². The number of hydrogen-bond donors (Lipinski definition) is 2. The number of hydrogen-bond acceptors (Lipinski definition) is 6. The summed E-state index contributed by atoms with van der Waals surface area (Å²) in [6.45, 7) is 0.122. The molecule has 0 aromatic carbocycles. The number of nitrogens with two attached hydrogens (primary N) is 1. The van der Waals surface area contributed by atoms with Crippen LogP contribution in [-0.2, 0) is 0 Å². The second-order valence-electron chi connectivity index (χ2n) is 5.65. The molecule has 0 saturated carbocycles. The topological polar surface area (TPSA) is 135 Å². The van der Waals surface area contributed by atoms with Crippen molar-refractivity contribution in [3.8, 4) is 6.07 Å². The van der Waals surface area contributed by atoms with Gasteiger partial charge in [0.05, 0.1) is 18.4 Å². The average Bonchev–Trinajstić information content (AvgIpc) is 3.20. The molecule has 1 unspecified atom stereocenters. The Bertz CT molecular complexity index is 1040. The van der Waals surface area contributed by atoms with Crippen molar-refractivity contribution in [1.82, 2.24) is 9.97 Å². The second-order valence-corrected chi connectivity index (χ2v) is 5.65. The van der Waals surface area contributed by atoms with E-state index in [1.54, 1.807) is 30.5 Å². The van der Waals surface area contributed by atoms with Crippen LogP contribution in [-0.4, -0.2) is 28.4 Å². The van der Waals surface area contributed by atoms with Gasteiger partial charge >= 0.3 is 5.89 Å². The van der Waals surface area contributed by atoms with E-state index in [2.05, 4.69) is 19.9 Å². The maximum Gasteiger partial charge on any atom is 0.397 e. The maximum absolute atomic E-state index is 13.9. The highest BCUT2D eigenvalue weighted by Gasteiger charge is 2.17. The smallest absolute Gasteiger partial charge is 0.397 e. The first-order chi connectivity index (χ1) is 13.1. The number of nitrogens with one attached hydrogen (secondary N) is 2. The van der Waals surface area contributed by atoms with Crippen molar-refractivity contribution >= 4 is 11.4 Å². The summed E-state index contributed by atoms with van der Waals surface area (Å²) in [5.74, 6) is 0.401. The van der Waals surface area contributed by atoms with Crippen LogP contribution in [0, 0.1) is 11.3 Å². The van der Waals surface area contributed by atoms with Crippen LogP contribution >= 0.6 is 0 Å². The normalized spacial score (nSPS) is 17.5. The summed E-state index contributed by atoms with van der Waals surface area (Å²) in [5.41, 5.74) is 6.26. The number of allylic oxidation sites excluding steroid dienone is 4. The van der Waals surface area contributed by atoms with Gasteiger partial charge in [-0.05, 0) is 5.57 Å². The fourth-order valence-corrected chi connectivity index (χ4v) is 2.37. The van der Waals surface area contributed by atoms with Crippen LogP contribution in [0.2, 0.25) is 0 Å². The fourth-order valence-electron chi connectivity index (χ4n) is 2.37. The van der Waals surface area contributed by atoms with Gasteiger partial charge in [0.2, 0.25) is 6.20 Å². The van der Waals surface area contributed by atoms with Crippen LogP contribution in [0.5, 0.6) is 0 Å². The van der Waals surface area contributed by atoms with E-state index >= 15 is 0 Å². The maximum atomic E-state index is 13.9. The lowest BCUT2D eigenvalue weighted by molar-refractivity contribution is -0.385. The van der Waals surface area contributed by atoms with E-state index < -0.39 is 11.7 Å². The van der Waals surface area contributed by atoms with Crippen molar-refractivity contribution in [1.29, 1.82) is 5.26 Å². The minimum Gasteiger partial charge on any atom is -0.405 e. The van der Waals surface area contributed by atoms with E-state index in [0.29, 0.717) is 23.6 Å². The van der Waals surface area contributed by atoms with Gasteiger partial charge in [0.25, 0.3) is 5.56 Å². The van der Waals surface area contributed by atoms with Gasteiger partial charge in [0, 0.05) is 12.5 Å². The molecule has 8 nitrogen and oxygen atoms in total. The molecule has 1 atom stereocenters. The summed E-state index contributed by atoms with van der Waals surface area (Å²) in [4.78, 5) is 25.4. The highest BCUT2D eigenvalue weighted by atomic mass is 19.1. The quantitative estimate of drug-likeness (QED) is 0.762. The van der Waals surface area contributed by atoms with Crippen molar-refractivity contribution in [3.63, 3.8) is 0 Å². The number of halogens is 1. The highest BCUT2D eigenvalue weighted by molar-refractivity contribution is 6.08. The molecule has 2 heterocycles. The third-order valence-corrected chi connectivity index (χ3v) is 3.81. The average molecular weight is 367 g/mol. The molecular weight excluding hydrogens is 351 g/mol. The number of H-pyrrole nitrogens is 2. The Hall–Kier alpha value is -3.80. The van der Waals surface area contributed by atoms with E-state index in [0.717, 1.165) is 6.20 Å². The predicted octanol–water partition coefficient (Wildman–Crippen LogP) is 1.06. The van der Waals surface area contributed by atoms with Gasteiger partial charge < -0.3 is 15.1 Å². The van der Waals surface area contributed by atoms with Gasteiger partial charge in [-0.15, -0.1) is 0 Å². The Morgan fingerprint density at radius 3 is 3.15 bits per heavy atom. The molecule has 0 aliphatic heterocycles. The molecule has 2 aromatic heterocycles. The molecule has 0 radical (unpaired) electrons. The lowest BCUT2D eigenvalue weighted by Gasteiger charge is -2.11. The molecule has 1 aliphatic rings. The molecule has 9 heteroatoms. The first kappa shape index (κ1) is 18.0. The first-order valence-corrected chi connectivity index (χ1v) is 8.05. The predicted molar refractivity (Wildman–Crippen MR) is 95.1 cm³/mol. The second kappa shape index (κ2) is 8.05. The minimum atomic E-state index is -1.08. The number of nitrogens with zero attached hydrogens (tertiary/aromatic N) is 3. The van der Waals surface area contributed by atoms with Gasteiger partial charge in [-0.1, -0.05) is 18.2 Å². The van der Waals surface area contributed by atoms with Crippen LogP contribution in [0.15, 0.2) is 62.7 Å². The molecule has 4 N–H and O–H groups in total. The third-order valence-electron chi connectivity index (χ3n) is 3.81. The third kappa shape index (κ3) is 4.24. The van der Waals surface area contributed by atoms with Gasteiger partial charge in [-0.25, -0.2) is 9.37 Å². The van der Waals surface area contributed by atoms with Crippen molar-refractivity contribution in [3.05, 3.63) is 76.2 Å². The summed E-state index contributed by atoms with van der Waals surface area (Å²) >= 11 is 0. The van der Waals surface area contributed by atoms with Crippen molar-refractivity contribution < 1.29 is 13.8 Å². The zero-order valence-electron chi connectivity index (χ0n) is 14.1. The molecule has 0 amide bonds. The van der Waals surface area contributed by atoms with E-state index in [1.807, 2.05) is 0 Å². The monoisotopic (exact) mass is 367 g/mol. The summed E-state index contributed by atoms with van der Waals surface area (Å²) in [7, 11) is 0. The molecule has 0 fully saturated rings. The zero-order valence-corrected chi connectivity index (χ0v) is 14.1. The Morgan fingerprint density at radius 1 is 1.63 bits per heavy atom. The van der Waals surface area contributed by atoms with Crippen LogP contribution in [0.1, 0.15) is 23.7 Å². The number of aromatic amines is 2. The SMILES string of the molecule is N#Cc1cnc(C(N)=CC(=NCC2=CC=CCC2F)c2[nH+]cco2)[nH]c1=O. The van der Waals surface area contributed by atoms with Crippen molar-refractivity contribution in [2.75, 3.05) is 6.54 Å². The van der Waals surface area contributed by atoms with E-state index in [-0.39, 0.29) is 23.6 Å². The number of rotatable bonds is 5. The van der Waals surface area contributed by atoms with Crippen LogP contribution in [0.4, 0.5) is 4.39 Å². The number of oxazole rings is 1. The van der Waals surface area contributed by atoms with Crippen LogP contribution in [0.3, 0.4) is 0 Å². The molecule has 2 aromatic rings. The zero-order chi connectivity index (χ0) is 19.2. The van der Waals surface area contributed by atoms with E-state index in [9.17, 15) is 9.18 Å². The Labute approximate surface area is 153 Å². The number of alkyl halides is 1. The van der Waals surface area contributed by atoms with Gasteiger partial charge in [0.15, 0.2) is 17.8 Å². The van der Waals surface area contributed by atoms with Crippen LogP contribution < -0.4 is 16.3 Å². The molecule has 0 saturated heterocycles. The lowest BCUT2D eigenvalue weighted by atomic mass is 10.0. The molecule has 1 aliphatic carbocycles. The number of aromatic nitrogens is 3. The minimum absolute atomic E-state index is 0.0847. The molecule has 0 spiro atoms. The van der Waals surface area contributed by atoms with Crippen LogP contribution in [0.25, 0.3) is 5.70 Å². The largest absolute Gasteiger partial charge is 0.405 e. The van der Waals surface area contributed by atoms with Crippen molar-refractivity contribution in [2.24, 2.45) is 10.7 Å². The summed E-state index contributed by atoms with van der Waals surface area (Å²) in [6, 6.07) is 1.73. The molecular formula is C18H16FN6O2+. The summed E-state index contributed by atoms with van der Waals surface area (Å²) in [6.07, 6.45) is 10.0. The standard InChI is InChI=1S/C18H15FN6O2/c19-13-4-2-1-3-11(13)9-23-15(18-22-5-6-27-18)7-14(21)16-24-10-12(8-20)17(26)25-16/h1-3,5-7,10,13H,4,9,21H2,(H,24,25,26)/p+1. The Balaban J connectivity index is 1.93. The Kier molecular flexibility index (Phi) is 5.37. The van der Waals surface area contributed by atoms with Gasteiger partial charge in [-0.2, -0.15) is 10.2 Å². The molecule has 136 valence electrons. The molecule has 3 rings (SSSR count). The summed E-state index contributed by atoms with van der Waals surface area (Å²) in [5, 5.41) is 8.80. The molecule has 0 bridgehead atoms. The van der Waals surface area contributed by atoms with Gasteiger partial charge in [0.1, 0.15) is 17.8 Å². The highest BCUT2D eigenvalue weighted by Crippen LogP contribution is 2.17. The summed E-state index contributed by atoms with van der Waals surface area (Å²) < 4.78 is 19.3. The number of nitriles is 1. The van der Waals surface area contributed by atoms with E-state index in [1.165, 1.54) is 12.3 Å². The Morgan fingerprint density at radius 2 is 2.48 bits per heavy atom. The van der Waals surface area contributed by atoms with Gasteiger partial charge in [-0.3, -0.25) is 9.79 Å².